The number of aliphatic hydroxyl groups excluding tert-OH is 1. The lowest BCUT2D eigenvalue weighted by atomic mass is 10.0. The zero-order valence-electron chi connectivity index (χ0n) is 11.9. The summed E-state index contributed by atoms with van der Waals surface area (Å²) in [6.45, 7) is 2.95. The summed E-state index contributed by atoms with van der Waals surface area (Å²) >= 11 is 0. The first-order chi connectivity index (χ1) is 9.44. The summed E-state index contributed by atoms with van der Waals surface area (Å²) in [4.78, 5) is 0.0768. The van der Waals surface area contributed by atoms with Crippen molar-refractivity contribution in [3.63, 3.8) is 0 Å². The Morgan fingerprint density at radius 1 is 1.40 bits per heavy atom. The van der Waals surface area contributed by atoms with Gasteiger partial charge in [-0.05, 0) is 37.6 Å². The van der Waals surface area contributed by atoms with E-state index in [4.69, 9.17) is 10.8 Å². The smallest absolute Gasteiger partial charge is 0.242 e. The molecule has 0 saturated carbocycles. The van der Waals surface area contributed by atoms with Gasteiger partial charge in [0.2, 0.25) is 10.0 Å². The van der Waals surface area contributed by atoms with Crippen molar-refractivity contribution in [2.24, 2.45) is 5.92 Å². The van der Waals surface area contributed by atoms with Crippen LogP contribution in [0.5, 0.6) is 0 Å². The minimum Gasteiger partial charge on any atom is -0.398 e. The maximum Gasteiger partial charge on any atom is 0.242 e. The SMILES string of the molecule is CCC(CCO)CNc1ccc(S(=O)(=O)NC)c(N)c1. The van der Waals surface area contributed by atoms with E-state index >= 15 is 0 Å². The zero-order chi connectivity index (χ0) is 15.2. The lowest BCUT2D eigenvalue weighted by molar-refractivity contribution is 0.258. The standard InChI is InChI=1S/C13H23N3O3S/c1-3-10(6-7-17)9-16-11-4-5-13(12(14)8-11)20(18,19)15-2/h4-5,8,10,15-17H,3,6-7,9,14H2,1-2H3. The molecule has 1 aromatic rings. The maximum atomic E-state index is 11.7. The fraction of sp³-hybridized carbons (Fsp3) is 0.538. The summed E-state index contributed by atoms with van der Waals surface area (Å²) in [5, 5.41) is 12.2. The van der Waals surface area contributed by atoms with Crippen molar-refractivity contribution in [2.75, 3.05) is 31.2 Å². The van der Waals surface area contributed by atoms with Crippen LogP contribution in [0.1, 0.15) is 19.8 Å². The van der Waals surface area contributed by atoms with Crippen LogP contribution in [0.4, 0.5) is 11.4 Å². The monoisotopic (exact) mass is 301 g/mol. The van der Waals surface area contributed by atoms with Crippen molar-refractivity contribution >= 4 is 21.4 Å². The van der Waals surface area contributed by atoms with Gasteiger partial charge in [0, 0.05) is 18.8 Å². The van der Waals surface area contributed by atoms with Crippen molar-refractivity contribution in [3.8, 4) is 0 Å². The van der Waals surface area contributed by atoms with Crippen LogP contribution in [-0.4, -0.2) is 33.7 Å². The first-order valence-corrected chi connectivity index (χ1v) is 8.10. The zero-order valence-corrected chi connectivity index (χ0v) is 12.7. The highest BCUT2D eigenvalue weighted by Gasteiger charge is 2.15. The summed E-state index contributed by atoms with van der Waals surface area (Å²) in [6.07, 6.45) is 1.71. The minimum atomic E-state index is -3.53. The molecule has 0 saturated heterocycles. The lowest BCUT2D eigenvalue weighted by Crippen LogP contribution is -2.20. The van der Waals surface area contributed by atoms with E-state index in [-0.39, 0.29) is 17.2 Å². The summed E-state index contributed by atoms with van der Waals surface area (Å²) in [5.74, 6) is 0.377. The molecule has 0 aliphatic rings. The van der Waals surface area contributed by atoms with Crippen molar-refractivity contribution in [1.29, 1.82) is 0 Å². The molecule has 0 aliphatic carbocycles. The van der Waals surface area contributed by atoms with Gasteiger partial charge in [-0.1, -0.05) is 13.3 Å². The van der Waals surface area contributed by atoms with E-state index in [0.29, 0.717) is 12.5 Å². The number of nitrogens with one attached hydrogen (secondary N) is 2. The molecular weight excluding hydrogens is 278 g/mol. The maximum absolute atomic E-state index is 11.7. The third-order valence-electron chi connectivity index (χ3n) is 3.28. The van der Waals surface area contributed by atoms with Crippen molar-refractivity contribution in [1.82, 2.24) is 4.72 Å². The minimum absolute atomic E-state index is 0.0768. The first kappa shape index (κ1) is 16.7. The predicted molar refractivity (Wildman–Crippen MR) is 81.1 cm³/mol. The van der Waals surface area contributed by atoms with Gasteiger partial charge in [0.15, 0.2) is 0 Å². The predicted octanol–water partition coefficient (Wildman–Crippen LogP) is 0.997. The molecule has 1 rings (SSSR count). The quantitative estimate of drug-likeness (QED) is 0.536. The number of anilines is 2. The fourth-order valence-electron chi connectivity index (χ4n) is 1.91. The number of nitrogen functional groups attached to an aromatic ring is 1. The Morgan fingerprint density at radius 3 is 2.60 bits per heavy atom. The Kier molecular flexibility index (Phi) is 6.25. The van der Waals surface area contributed by atoms with Crippen LogP contribution < -0.4 is 15.8 Å². The Balaban J connectivity index is 2.78. The normalized spacial score (nSPS) is 13.2. The highest BCUT2D eigenvalue weighted by Crippen LogP contribution is 2.22. The third kappa shape index (κ3) is 4.36. The van der Waals surface area contributed by atoms with E-state index in [1.54, 1.807) is 12.1 Å². The largest absolute Gasteiger partial charge is 0.398 e. The van der Waals surface area contributed by atoms with Gasteiger partial charge < -0.3 is 16.2 Å². The highest BCUT2D eigenvalue weighted by atomic mass is 32.2. The Labute approximate surface area is 120 Å². The van der Waals surface area contributed by atoms with Gasteiger partial charge in [0.05, 0.1) is 5.69 Å². The average molecular weight is 301 g/mol. The second-order valence-corrected chi connectivity index (χ2v) is 6.48. The van der Waals surface area contributed by atoms with E-state index in [0.717, 1.165) is 18.5 Å². The molecule has 1 atom stereocenters. The topological polar surface area (TPSA) is 104 Å². The number of nitrogens with two attached hydrogens (primary N) is 1. The molecule has 0 amide bonds. The molecule has 0 radical (unpaired) electrons. The number of hydrogen-bond donors (Lipinski definition) is 4. The van der Waals surface area contributed by atoms with Crippen LogP contribution in [0.3, 0.4) is 0 Å². The summed E-state index contributed by atoms with van der Waals surface area (Å²) in [6, 6.07) is 4.78. The molecule has 0 heterocycles. The average Bonchev–Trinajstić information content (AvgIpc) is 2.43. The van der Waals surface area contributed by atoms with Gasteiger partial charge >= 0.3 is 0 Å². The summed E-state index contributed by atoms with van der Waals surface area (Å²) in [5.41, 5.74) is 6.76. The molecule has 1 aromatic carbocycles. The second-order valence-electron chi connectivity index (χ2n) is 4.63. The molecule has 6 nitrogen and oxygen atoms in total. The molecule has 0 fully saturated rings. The Morgan fingerprint density at radius 2 is 2.10 bits per heavy atom. The van der Waals surface area contributed by atoms with Gasteiger partial charge in [-0.15, -0.1) is 0 Å². The Bertz CT molecular complexity index is 532. The summed E-state index contributed by atoms with van der Waals surface area (Å²) in [7, 11) is -2.18. The molecule has 114 valence electrons. The fourth-order valence-corrected chi connectivity index (χ4v) is 2.74. The van der Waals surface area contributed by atoms with E-state index in [2.05, 4.69) is 17.0 Å². The van der Waals surface area contributed by atoms with Gasteiger partial charge in [-0.25, -0.2) is 13.1 Å². The van der Waals surface area contributed by atoms with Crippen molar-refractivity contribution in [3.05, 3.63) is 18.2 Å². The van der Waals surface area contributed by atoms with Gasteiger partial charge in [0.1, 0.15) is 4.90 Å². The van der Waals surface area contributed by atoms with Crippen LogP contribution in [0, 0.1) is 5.92 Å². The van der Waals surface area contributed by atoms with E-state index in [1.165, 1.54) is 13.1 Å². The van der Waals surface area contributed by atoms with Crippen LogP contribution in [0.2, 0.25) is 0 Å². The number of sulfonamides is 1. The molecule has 0 spiro atoms. The molecule has 0 aromatic heterocycles. The van der Waals surface area contributed by atoms with E-state index < -0.39 is 10.0 Å². The van der Waals surface area contributed by atoms with Gasteiger partial charge in [-0.2, -0.15) is 0 Å². The van der Waals surface area contributed by atoms with Crippen molar-refractivity contribution < 1.29 is 13.5 Å². The first-order valence-electron chi connectivity index (χ1n) is 6.62. The van der Waals surface area contributed by atoms with Crippen LogP contribution in [0.25, 0.3) is 0 Å². The molecule has 0 bridgehead atoms. The van der Waals surface area contributed by atoms with Crippen LogP contribution in [0.15, 0.2) is 23.1 Å². The molecular formula is C13H23N3O3S. The highest BCUT2D eigenvalue weighted by molar-refractivity contribution is 7.89. The molecule has 0 aliphatic heterocycles. The number of rotatable bonds is 8. The number of aliphatic hydroxyl groups is 1. The van der Waals surface area contributed by atoms with E-state index in [9.17, 15) is 8.42 Å². The van der Waals surface area contributed by atoms with Crippen LogP contribution >= 0.6 is 0 Å². The lowest BCUT2D eigenvalue weighted by Gasteiger charge is -2.16. The van der Waals surface area contributed by atoms with Crippen molar-refractivity contribution in [2.45, 2.75) is 24.7 Å². The second kappa shape index (κ2) is 7.47. The third-order valence-corrected chi connectivity index (χ3v) is 4.77. The molecule has 5 N–H and O–H groups in total. The molecule has 20 heavy (non-hydrogen) atoms. The number of hydrogen-bond acceptors (Lipinski definition) is 5. The van der Waals surface area contributed by atoms with Gasteiger partial charge in [-0.3, -0.25) is 0 Å². The van der Waals surface area contributed by atoms with Gasteiger partial charge in [0.25, 0.3) is 0 Å². The van der Waals surface area contributed by atoms with E-state index in [1.807, 2.05) is 0 Å². The number of benzene rings is 1. The summed E-state index contributed by atoms with van der Waals surface area (Å²) < 4.78 is 25.6. The van der Waals surface area contributed by atoms with Crippen LogP contribution in [-0.2, 0) is 10.0 Å². The molecule has 7 heteroatoms. The molecule has 1 unspecified atom stereocenters. The Hall–Kier alpha value is -1.31.